The molecule has 0 radical (unpaired) electrons. The van der Waals surface area contributed by atoms with E-state index in [1.807, 2.05) is 18.2 Å². The van der Waals surface area contributed by atoms with Gasteiger partial charge in [0.05, 0.1) is 11.7 Å². The first-order valence-corrected chi connectivity index (χ1v) is 13.4. The van der Waals surface area contributed by atoms with Gasteiger partial charge in [-0.05, 0) is 35.9 Å². The predicted molar refractivity (Wildman–Crippen MR) is 147 cm³/mol. The van der Waals surface area contributed by atoms with E-state index in [2.05, 4.69) is 10.2 Å². The minimum atomic E-state index is -5.08. The number of alkyl halides is 6. The molecule has 0 saturated carbocycles. The van der Waals surface area contributed by atoms with Gasteiger partial charge in [0, 0.05) is 56.9 Å². The first kappa shape index (κ1) is 37.2. The Kier molecular flexibility index (Phi) is 12.7. The Morgan fingerprint density at radius 3 is 2.11 bits per heavy atom. The molecule has 0 unspecified atom stereocenters. The Morgan fingerprint density at radius 2 is 1.60 bits per heavy atom. The van der Waals surface area contributed by atoms with Crippen molar-refractivity contribution in [2.75, 3.05) is 31.6 Å². The summed E-state index contributed by atoms with van der Waals surface area (Å²) < 4.78 is 75.6. The number of ether oxygens (including phenoxy) is 2. The number of carbonyl (C=O) groups excluding carboxylic acids is 1. The lowest BCUT2D eigenvalue weighted by Crippen LogP contribution is -2.51. The van der Waals surface area contributed by atoms with Crippen molar-refractivity contribution in [2.24, 2.45) is 5.73 Å². The van der Waals surface area contributed by atoms with Gasteiger partial charge in [0.25, 0.3) is 0 Å². The summed E-state index contributed by atoms with van der Waals surface area (Å²) >= 11 is 6.12. The van der Waals surface area contributed by atoms with Crippen LogP contribution < -0.4 is 20.5 Å². The van der Waals surface area contributed by atoms with Gasteiger partial charge in [-0.3, -0.25) is 4.79 Å². The molecule has 11 nitrogen and oxygen atoms in total. The number of nitrogens with two attached hydrogens (primary N) is 1. The molecule has 1 atom stereocenters. The van der Waals surface area contributed by atoms with E-state index >= 15 is 0 Å². The SMILES string of the molecule is CC(=O)Nc1ccc(O)cc1OC[C@@H](N)CN1CCC2(CC1)Cc1cc(Cl)ccc1O2.O=C(O)C(F)(F)F.O=C(O)C(F)(F)F. The number of piperidine rings is 1. The Labute approximate surface area is 257 Å². The van der Waals surface area contributed by atoms with Gasteiger partial charge in [-0.2, -0.15) is 26.3 Å². The van der Waals surface area contributed by atoms with Crippen LogP contribution in [0.15, 0.2) is 36.4 Å². The third-order valence-corrected chi connectivity index (χ3v) is 6.57. The molecule has 4 rings (SSSR count). The highest BCUT2D eigenvalue weighted by atomic mass is 35.5. The van der Waals surface area contributed by atoms with Crippen molar-refractivity contribution in [1.82, 2.24) is 4.90 Å². The Morgan fingerprint density at radius 1 is 1.04 bits per heavy atom. The van der Waals surface area contributed by atoms with Gasteiger partial charge in [-0.1, -0.05) is 11.6 Å². The van der Waals surface area contributed by atoms with Crippen molar-refractivity contribution in [3.63, 3.8) is 0 Å². The Hall–Kier alpha value is -3.96. The maximum Gasteiger partial charge on any atom is 0.490 e. The molecule has 1 fully saturated rings. The number of rotatable bonds is 6. The molecule has 2 aromatic rings. The van der Waals surface area contributed by atoms with Crippen molar-refractivity contribution in [2.45, 2.75) is 50.2 Å². The van der Waals surface area contributed by atoms with Crippen molar-refractivity contribution in [3.05, 3.63) is 47.0 Å². The van der Waals surface area contributed by atoms with Crippen molar-refractivity contribution < 1.29 is 65.5 Å². The first-order chi connectivity index (χ1) is 20.7. The average Bonchev–Trinajstić information content (AvgIpc) is 3.26. The number of phenolic OH excluding ortho intramolecular Hbond substituents is 1. The minimum absolute atomic E-state index is 0.0675. The number of carboxylic acids is 2. The molecule has 2 heterocycles. The Balaban J connectivity index is 0.000000421. The van der Waals surface area contributed by atoms with Crippen molar-refractivity contribution in [1.29, 1.82) is 0 Å². The lowest BCUT2D eigenvalue weighted by atomic mass is 9.87. The molecular formula is C27H30ClF6N3O8. The van der Waals surface area contributed by atoms with Gasteiger partial charge >= 0.3 is 24.3 Å². The molecule has 2 aliphatic rings. The van der Waals surface area contributed by atoms with Crippen molar-refractivity contribution in [3.8, 4) is 17.2 Å². The highest BCUT2D eigenvalue weighted by Gasteiger charge is 2.42. The number of aromatic hydroxyl groups is 1. The smallest absolute Gasteiger partial charge is 0.490 e. The van der Waals surface area contributed by atoms with Gasteiger partial charge in [-0.25, -0.2) is 9.59 Å². The molecule has 45 heavy (non-hydrogen) atoms. The highest BCUT2D eigenvalue weighted by molar-refractivity contribution is 6.30. The van der Waals surface area contributed by atoms with Crippen LogP contribution in [-0.2, 0) is 20.8 Å². The third kappa shape index (κ3) is 12.2. The molecule has 250 valence electrons. The van der Waals surface area contributed by atoms with Crippen LogP contribution in [0.3, 0.4) is 0 Å². The van der Waals surface area contributed by atoms with E-state index in [0.29, 0.717) is 18.0 Å². The standard InChI is InChI=1S/C23H28ClN3O4.2C2HF3O2/c1-15(28)26-20-4-3-19(29)11-22(20)30-14-18(25)13-27-8-6-23(7-9-27)12-16-10-17(24)2-5-21(16)31-23;2*3-2(4,5)1(6)7/h2-5,10-11,18,29H,6-9,12-14,25H2,1H3,(H,26,28);2*(H,6,7)/t18-;;/m0../s1. The normalized spacial score (nSPS) is 16.1. The van der Waals surface area contributed by atoms with Gasteiger partial charge in [0.15, 0.2) is 0 Å². The van der Waals surface area contributed by atoms with Crippen LogP contribution in [-0.4, -0.2) is 88.3 Å². The van der Waals surface area contributed by atoms with E-state index in [0.717, 1.165) is 43.1 Å². The zero-order valence-corrected chi connectivity index (χ0v) is 24.3. The third-order valence-electron chi connectivity index (χ3n) is 6.34. The summed E-state index contributed by atoms with van der Waals surface area (Å²) in [6.07, 6.45) is -7.40. The van der Waals surface area contributed by atoms with Crippen LogP contribution in [0.25, 0.3) is 0 Å². The fourth-order valence-electron chi connectivity index (χ4n) is 4.33. The van der Waals surface area contributed by atoms with Crippen LogP contribution >= 0.6 is 11.6 Å². The summed E-state index contributed by atoms with van der Waals surface area (Å²) in [6, 6.07) is 10.2. The summed E-state index contributed by atoms with van der Waals surface area (Å²) in [5.74, 6) is -4.30. The second kappa shape index (κ2) is 15.4. The number of nitrogens with zero attached hydrogens (tertiary/aromatic N) is 1. The molecule has 0 aliphatic carbocycles. The zero-order valence-electron chi connectivity index (χ0n) is 23.5. The molecule has 2 aliphatic heterocycles. The van der Waals surface area contributed by atoms with Crippen LogP contribution in [0.2, 0.25) is 5.02 Å². The van der Waals surface area contributed by atoms with Gasteiger partial charge in [0.1, 0.15) is 29.5 Å². The minimum Gasteiger partial charge on any atom is -0.508 e. The van der Waals surface area contributed by atoms with Crippen LogP contribution in [0.4, 0.5) is 32.0 Å². The average molecular weight is 674 g/mol. The maximum atomic E-state index is 11.4. The predicted octanol–water partition coefficient (Wildman–Crippen LogP) is 4.45. The zero-order chi connectivity index (χ0) is 34.2. The molecule has 1 amide bonds. The monoisotopic (exact) mass is 673 g/mol. The number of carboxylic acid groups (broad SMARTS) is 2. The van der Waals surface area contributed by atoms with Crippen LogP contribution in [0, 0.1) is 0 Å². The number of hydrogen-bond donors (Lipinski definition) is 5. The van der Waals surface area contributed by atoms with Gasteiger partial charge in [-0.15, -0.1) is 0 Å². The summed E-state index contributed by atoms with van der Waals surface area (Å²) in [5, 5.41) is 27.4. The van der Waals surface area contributed by atoms with E-state index in [-0.39, 0.29) is 29.9 Å². The Bertz CT molecular complexity index is 1330. The molecule has 6 N–H and O–H groups in total. The lowest BCUT2D eigenvalue weighted by Gasteiger charge is -2.39. The molecule has 2 aromatic carbocycles. The second-order valence-corrected chi connectivity index (χ2v) is 10.5. The van der Waals surface area contributed by atoms with Crippen LogP contribution in [0.5, 0.6) is 17.2 Å². The number of anilines is 1. The largest absolute Gasteiger partial charge is 0.508 e. The van der Waals surface area contributed by atoms with E-state index < -0.39 is 24.3 Å². The van der Waals surface area contributed by atoms with Crippen LogP contribution in [0.1, 0.15) is 25.3 Å². The summed E-state index contributed by atoms with van der Waals surface area (Å²) in [6.45, 7) is 4.20. The number of aliphatic carboxylic acids is 2. The number of carbonyl (C=O) groups is 3. The maximum absolute atomic E-state index is 11.4. The summed E-state index contributed by atoms with van der Waals surface area (Å²) in [4.78, 5) is 31.5. The number of likely N-dealkylation sites (tertiary alicyclic amines) is 1. The van der Waals surface area contributed by atoms with E-state index in [1.165, 1.54) is 24.6 Å². The molecule has 0 bridgehead atoms. The summed E-state index contributed by atoms with van der Waals surface area (Å²) in [7, 11) is 0. The number of nitrogens with one attached hydrogen (secondary N) is 1. The number of fused-ring (bicyclic) bond motifs is 1. The molecule has 18 heteroatoms. The van der Waals surface area contributed by atoms with Crippen molar-refractivity contribution >= 4 is 35.1 Å². The van der Waals surface area contributed by atoms with Gasteiger partial charge in [0.2, 0.25) is 5.91 Å². The molecular weight excluding hydrogens is 644 g/mol. The number of amides is 1. The van der Waals surface area contributed by atoms with E-state index in [1.54, 1.807) is 6.07 Å². The molecule has 1 spiro atoms. The molecule has 0 aromatic heterocycles. The number of benzene rings is 2. The quantitative estimate of drug-likeness (QED) is 0.218. The van der Waals surface area contributed by atoms with Gasteiger partial charge < -0.3 is 40.7 Å². The van der Waals surface area contributed by atoms with E-state index in [4.69, 9.17) is 46.6 Å². The lowest BCUT2D eigenvalue weighted by molar-refractivity contribution is -0.193. The van der Waals surface area contributed by atoms with E-state index in [9.17, 15) is 36.2 Å². The number of halogens is 7. The second-order valence-electron chi connectivity index (χ2n) is 10.1. The fourth-order valence-corrected chi connectivity index (χ4v) is 4.52. The number of phenols is 1. The topological polar surface area (TPSA) is 172 Å². The highest BCUT2D eigenvalue weighted by Crippen LogP contribution is 2.42. The fraction of sp³-hybridized carbons (Fsp3) is 0.444. The number of hydrogen-bond acceptors (Lipinski definition) is 8. The summed E-state index contributed by atoms with van der Waals surface area (Å²) in [5.41, 5.74) is 7.87. The molecule has 1 saturated heterocycles. The first-order valence-electron chi connectivity index (χ1n) is 13.0.